The van der Waals surface area contributed by atoms with Gasteiger partial charge in [0.2, 0.25) is 0 Å². The first-order valence-electron chi connectivity index (χ1n) is 7.32. The van der Waals surface area contributed by atoms with Gasteiger partial charge in [0.05, 0.1) is 0 Å². The third-order valence-electron chi connectivity index (χ3n) is 4.64. The third kappa shape index (κ3) is 1.56. The van der Waals surface area contributed by atoms with Crippen molar-refractivity contribution in [1.82, 2.24) is 9.55 Å². The molecule has 0 atom stereocenters. The molecule has 2 aromatic carbocycles. The predicted octanol–water partition coefficient (Wildman–Crippen LogP) is 4.39. The van der Waals surface area contributed by atoms with Crippen LogP contribution in [-0.2, 0) is 12.5 Å². The Kier molecular flexibility index (Phi) is 2.41. The molecular weight excluding hydrogens is 256 g/mol. The molecule has 1 heterocycles. The largest absolute Gasteiger partial charge is 0.334 e. The minimum absolute atomic E-state index is 0.00840. The summed E-state index contributed by atoms with van der Waals surface area (Å²) in [5.74, 6) is 1.03. The maximum atomic E-state index is 4.55. The number of rotatable bonds is 1. The molecule has 4 rings (SSSR count). The summed E-state index contributed by atoms with van der Waals surface area (Å²) in [6, 6.07) is 15.3. The van der Waals surface area contributed by atoms with E-state index in [0.717, 1.165) is 5.82 Å². The molecule has 1 aliphatic carbocycles. The molecular formula is C19H18N2. The Hall–Kier alpha value is -2.35. The van der Waals surface area contributed by atoms with Gasteiger partial charge in [-0.05, 0) is 22.3 Å². The lowest BCUT2D eigenvalue weighted by molar-refractivity contribution is 0.660. The van der Waals surface area contributed by atoms with Crippen LogP contribution in [0.1, 0.15) is 25.0 Å². The first kappa shape index (κ1) is 12.4. The van der Waals surface area contributed by atoms with Crippen LogP contribution in [0.3, 0.4) is 0 Å². The van der Waals surface area contributed by atoms with Crippen molar-refractivity contribution in [2.75, 3.05) is 0 Å². The molecule has 2 heteroatoms. The number of imidazole rings is 1. The molecule has 2 nitrogen and oxygen atoms in total. The molecule has 0 spiro atoms. The molecule has 0 fully saturated rings. The first-order chi connectivity index (χ1) is 10.1. The molecule has 0 aliphatic heterocycles. The Labute approximate surface area is 125 Å². The molecule has 0 bridgehead atoms. The Morgan fingerprint density at radius 2 is 1.62 bits per heavy atom. The predicted molar refractivity (Wildman–Crippen MR) is 86.2 cm³/mol. The van der Waals surface area contributed by atoms with Crippen molar-refractivity contribution in [3.8, 4) is 22.5 Å². The summed E-state index contributed by atoms with van der Waals surface area (Å²) >= 11 is 0. The van der Waals surface area contributed by atoms with Gasteiger partial charge < -0.3 is 4.57 Å². The van der Waals surface area contributed by atoms with E-state index in [1.54, 1.807) is 0 Å². The van der Waals surface area contributed by atoms with E-state index < -0.39 is 0 Å². The first-order valence-corrected chi connectivity index (χ1v) is 7.32. The van der Waals surface area contributed by atoms with Gasteiger partial charge in [-0.3, -0.25) is 0 Å². The highest BCUT2D eigenvalue weighted by molar-refractivity contribution is 5.86. The number of hydrogen-bond acceptors (Lipinski definition) is 1. The molecule has 0 amide bonds. The average molecular weight is 274 g/mol. The van der Waals surface area contributed by atoms with E-state index in [4.69, 9.17) is 0 Å². The molecule has 1 aliphatic rings. The number of aryl methyl sites for hydroxylation is 1. The SMILES string of the molecule is Cn1ccnc1-c1cccc2c1C(C)(C)c1ccccc1-2. The fraction of sp³-hybridized carbons (Fsp3) is 0.211. The summed E-state index contributed by atoms with van der Waals surface area (Å²) in [5.41, 5.74) is 6.74. The molecule has 0 saturated heterocycles. The van der Waals surface area contributed by atoms with Gasteiger partial charge in [0.25, 0.3) is 0 Å². The van der Waals surface area contributed by atoms with Crippen LogP contribution in [0.5, 0.6) is 0 Å². The van der Waals surface area contributed by atoms with Crippen molar-refractivity contribution in [1.29, 1.82) is 0 Å². The van der Waals surface area contributed by atoms with E-state index >= 15 is 0 Å². The van der Waals surface area contributed by atoms with E-state index in [2.05, 4.69) is 72.9 Å². The fourth-order valence-corrected chi connectivity index (χ4v) is 3.66. The summed E-state index contributed by atoms with van der Waals surface area (Å²) in [7, 11) is 2.05. The Balaban J connectivity index is 2.08. The van der Waals surface area contributed by atoms with E-state index in [0.29, 0.717) is 0 Å². The summed E-state index contributed by atoms with van der Waals surface area (Å²) in [6.07, 6.45) is 3.87. The molecule has 0 saturated carbocycles. The summed E-state index contributed by atoms with van der Waals surface area (Å²) in [4.78, 5) is 4.55. The van der Waals surface area contributed by atoms with Gasteiger partial charge in [-0.15, -0.1) is 0 Å². The second-order valence-electron chi connectivity index (χ2n) is 6.26. The zero-order valence-electron chi connectivity index (χ0n) is 12.6. The van der Waals surface area contributed by atoms with Gasteiger partial charge in [-0.1, -0.05) is 56.3 Å². The third-order valence-corrected chi connectivity index (χ3v) is 4.64. The van der Waals surface area contributed by atoms with Crippen LogP contribution in [0.15, 0.2) is 54.9 Å². The monoisotopic (exact) mass is 274 g/mol. The zero-order chi connectivity index (χ0) is 14.6. The van der Waals surface area contributed by atoms with E-state index in [1.807, 2.05) is 12.4 Å². The number of aromatic nitrogens is 2. The lowest BCUT2D eigenvalue weighted by atomic mass is 9.80. The van der Waals surface area contributed by atoms with E-state index in [1.165, 1.54) is 27.8 Å². The Morgan fingerprint density at radius 1 is 0.905 bits per heavy atom. The minimum atomic E-state index is 0.00840. The van der Waals surface area contributed by atoms with Crippen molar-refractivity contribution in [2.45, 2.75) is 19.3 Å². The number of benzene rings is 2. The number of fused-ring (bicyclic) bond motifs is 3. The smallest absolute Gasteiger partial charge is 0.139 e. The van der Waals surface area contributed by atoms with E-state index in [-0.39, 0.29) is 5.41 Å². The van der Waals surface area contributed by atoms with Gasteiger partial charge in [0.1, 0.15) is 5.82 Å². The quantitative estimate of drug-likeness (QED) is 0.643. The Morgan fingerprint density at radius 3 is 2.38 bits per heavy atom. The van der Waals surface area contributed by atoms with Gasteiger partial charge in [0, 0.05) is 30.4 Å². The van der Waals surface area contributed by atoms with Crippen LogP contribution < -0.4 is 0 Å². The standard InChI is InChI=1S/C19H18N2/c1-19(2)16-10-5-4-7-13(16)14-8-6-9-15(17(14)19)18-20-11-12-21(18)3/h4-12H,1-3H3. The van der Waals surface area contributed by atoms with Gasteiger partial charge in [-0.2, -0.15) is 0 Å². The van der Waals surface area contributed by atoms with Crippen LogP contribution in [0, 0.1) is 0 Å². The molecule has 1 aromatic heterocycles. The van der Waals surface area contributed by atoms with Crippen LogP contribution >= 0.6 is 0 Å². The highest BCUT2D eigenvalue weighted by Gasteiger charge is 2.37. The lowest BCUT2D eigenvalue weighted by Crippen LogP contribution is -2.16. The van der Waals surface area contributed by atoms with Crippen LogP contribution in [0.25, 0.3) is 22.5 Å². The van der Waals surface area contributed by atoms with Gasteiger partial charge in [0.15, 0.2) is 0 Å². The lowest BCUT2D eigenvalue weighted by Gasteiger charge is -2.24. The number of hydrogen-bond donors (Lipinski definition) is 0. The molecule has 104 valence electrons. The second-order valence-corrected chi connectivity index (χ2v) is 6.26. The van der Waals surface area contributed by atoms with Crippen molar-refractivity contribution in [3.63, 3.8) is 0 Å². The van der Waals surface area contributed by atoms with Crippen molar-refractivity contribution < 1.29 is 0 Å². The molecule has 0 unspecified atom stereocenters. The van der Waals surface area contributed by atoms with Gasteiger partial charge >= 0.3 is 0 Å². The summed E-state index contributed by atoms with van der Waals surface area (Å²) in [5, 5.41) is 0. The number of nitrogens with zero attached hydrogens (tertiary/aromatic N) is 2. The Bertz CT molecular complexity index is 840. The maximum absolute atomic E-state index is 4.55. The zero-order valence-corrected chi connectivity index (χ0v) is 12.6. The van der Waals surface area contributed by atoms with Crippen LogP contribution in [-0.4, -0.2) is 9.55 Å². The van der Waals surface area contributed by atoms with E-state index in [9.17, 15) is 0 Å². The topological polar surface area (TPSA) is 17.8 Å². The molecule has 0 radical (unpaired) electrons. The second kappa shape index (κ2) is 4.08. The molecule has 3 aromatic rings. The summed E-state index contributed by atoms with van der Waals surface area (Å²) < 4.78 is 2.09. The summed E-state index contributed by atoms with van der Waals surface area (Å²) in [6.45, 7) is 4.62. The highest BCUT2D eigenvalue weighted by Crippen LogP contribution is 2.51. The van der Waals surface area contributed by atoms with Crippen molar-refractivity contribution >= 4 is 0 Å². The van der Waals surface area contributed by atoms with Crippen LogP contribution in [0.2, 0.25) is 0 Å². The molecule has 0 N–H and O–H groups in total. The van der Waals surface area contributed by atoms with Crippen molar-refractivity contribution in [2.24, 2.45) is 7.05 Å². The fourth-order valence-electron chi connectivity index (χ4n) is 3.66. The van der Waals surface area contributed by atoms with Crippen LogP contribution in [0.4, 0.5) is 0 Å². The minimum Gasteiger partial charge on any atom is -0.334 e. The highest BCUT2D eigenvalue weighted by atomic mass is 15.0. The van der Waals surface area contributed by atoms with Gasteiger partial charge in [-0.25, -0.2) is 4.98 Å². The normalized spacial score (nSPS) is 14.8. The van der Waals surface area contributed by atoms with Crippen molar-refractivity contribution in [3.05, 3.63) is 66.0 Å². The maximum Gasteiger partial charge on any atom is 0.139 e. The average Bonchev–Trinajstić information content (AvgIpc) is 3.01. The molecule has 21 heavy (non-hydrogen) atoms.